The quantitative estimate of drug-likeness (QED) is 0.311. The predicted octanol–water partition coefficient (Wildman–Crippen LogP) is 1.79. The summed E-state index contributed by atoms with van der Waals surface area (Å²) < 4.78 is 28.1. The maximum atomic E-state index is 12.8. The first-order chi connectivity index (χ1) is 15.3. The number of carbonyl (C=O) groups excluding carboxylic acids is 1. The van der Waals surface area contributed by atoms with Crippen LogP contribution in [0.25, 0.3) is 11.0 Å². The first kappa shape index (κ1) is 21.4. The molecule has 166 valence electrons. The number of tetrazole rings is 1. The number of benzene rings is 2. The van der Waals surface area contributed by atoms with Crippen molar-refractivity contribution >= 4 is 32.7 Å². The van der Waals surface area contributed by atoms with Crippen molar-refractivity contribution in [3.05, 3.63) is 53.9 Å². The Morgan fingerprint density at radius 1 is 1.03 bits per heavy atom. The monoisotopic (exact) mass is 455 g/mol. The van der Waals surface area contributed by atoms with Crippen LogP contribution < -0.4 is 10.0 Å². The van der Waals surface area contributed by atoms with Gasteiger partial charge in [-0.1, -0.05) is 25.1 Å². The highest BCUT2D eigenvalue weighted by atomic mass is 32.2. The Labute approximate surface area is 183 Å². The number of nitrogens with zero attached hydrogens (tertiary/aromatic N) is 5. The van der Waals surface area contributed by atoms with Gasteiger partial charge in [0.2, 0.25) is 0 Å². The van der Waals surface area contributed by atoms with Crippen LogP contribution in [0.5, 0.6) is 0 Å². The zero-order valence-electron chi connectivity index (χ0n) is 17.3. The van der Waals surface area contributed by atoms with Gasteiger partial charge in [-0.05, 0) is 48.7 Å². The Kier molecular flexibility index (Phi) is 5.81. The number of amides is 1. The van der Waals surface area contributed by atoms with Crippen molar-refractivity contribution in [3.63, 3.8) is 0 Å². The summed E-state index contributed by atoms with van der Waals surface area (Å²) >= 11 is 0. The lowest BCUT2D eigenvalue weighted by Gasteiger charge is -2.17. The summed E-state index contributed by atoms with van der Waals surface area (Å²) in [5.41, 5.74) is 1.52. The van der Waals surface area contributed by atoms with Gasteiger partial charge in [0.15, 0.2) is 5.82 Å². The summed E-state index contributed by atoms with van der Waals surface area (Å²) in [6, 6.07) is 10.2. The van der Waals surface area contributed by atoms with Crippen LogP contribution in [-0.2, 0) is 10.0 Å². The molecule has 0 saturated carbocycles. The van der Waals surface area contributed by atoms with E-state index in [2.05, 4.69) is 46.1 Å². The van der Waals surface area contributed by atoms with Gasteiger partial charge in [0.25, 0.3) is 15.9 Å². The fourth-order valence-corrected chi connectivity index (χ4v) is 4.25. The fraction of sp³-hybridized carbons (Fsp3) is 0.263. The van der Waals surface area contributed by atoms with Gasteiger partial charge in [-0.2, -0.15) is 20.6 Å². The van der Waals surface area contributed by atoms with E-state index in [4.69, 9.17) is 0 Å². The number of aromatic nitrogens is 7. The van der Waals surface area contributed by atoms with Gasteiger partial charge in [0.1, 0.15) is 11.0 Å². The molecule has 1 atom stereocenters. The number of aromatic amines is 2. The average Bonchev–Trinajstić information content (AvgIpc) is 3.44. The number of carbonyl (C=O) groups is 1. The maximum absolute atomic E-state index is 12.8. The van der Waals surface area contributed by atoms with E-state index in [1.165, 1.54) is 18.2 Å². The summed E-state index contributed by atoms with van der Waals surface area (Å²) in [7, 11) is -3.90. The topological polar surface area (TPSA) is 171 Å². The lowest BCUT2D eigenvalue weighted by Crippen LogP contribution is -2.30. The number of rotatable bonds is 8. The third-order valence-corrected chi connectivity index (χ3v) is 6.04. The van der Waals surface area contributed by atoms with E-state index in [1.807, 2.05) is 13.8 Å². The van der Waals surface area contributed by atoms with Gasteiger partial charge in [0, 0.05) is 11.3 Å². The number of H-pyrrole nitrogens is 2. The normalized spacial score (nSPS) is 12.7. The molecule has 0 saturated heterocycles. The standard InChI is InChI=1S/C19H21N9O3S/c1-11(2)8-17(18-23-27-28-24-18)20-19(29)12-4-3-5-13(9-12)25-32(30,31)14-6-7-15-16(10-14)22-26-21-15/h3-7,9-11,17,25H,8H2,1-2H3,(H,20,29)(H,21,22,26)(H,23,24,27,28). The molecule has 2 aromatic heterocycles. The Balaban J connectivity index is 1.52. The van der Waals surface area contributed by atoms with Gasteiger partial charge in [0.05, 0.1) is 10.9 Å². The molecule has 4 rings (SSSR count). The number of sulfonamides is 1. The van der Waals surface area contributed by atoms with Crippen molar-refractivity contribution in [2.45, 2.75) is 31.2 Å². The largest absolute Gasteiger partial charge is 0.342 e. The second-order valence-corrected chi connectivity index (χ2v) is 9.27. The van der Waals surface area contributed by atoms with Gasteiger partial charge >= 0.3 is 0 Å². The zero-order valence-corrected chi connectivity index (χ0v) is 18.1. The summed E-state index contributed by atoms with van der Waals surface area (Å²) in [6.45, 7) is 4.04. The van der Waals surface area contributed by atoms with E-state index in [-0.39, 0.29) is 28.0 Å². The molecule has 0 radical (unpaired) electrons. The van der Waals surface area contributed by atoms with Crippen molar-refractivity contribution in [2.24, 2.45) is 5.92 Å². The first-order valence-electron chi connectivity index (χ1n) is 9.79. The van der Waals surface area contributed by atoms with Crippen LogP contribution in [-0.4, -0.2) is 50.4 Å². The van der Waals surface area contributed by atoms with Crippen molar-refractivity contribution in [2.75, 3.05) is 4.72 Å². The lowest BCUT2D eigenvalue weighted by molar-refractivity contribution is 0.0930. The summed E-state index contributed by atoms with van der Waals surface area (Å²) in [6.07, 6.45) is 0.613. The number of hydrogen-bond acceptors (Lipinski definition) is 8. The van der Waals surface area contributed by atoms with Gasteiger partial charge in [-0.15, -0.1) is 10.2 Å². The van der Waals surface area contributed by atoms with Gasteiger partial charge in [-0.3, -0.25) is 9.52 Å². The van der Waals surface area contributed by atoms with E-state index in [0.29, 0.717) is 23.3 Å². The minimum Gasteiger partial charge on any atom is -0.342 e. The van der Waals surface area contributed by atoms with Gasteiger partial charge in [-0.25, -0.2) is 8.42 Å². The van der Waals surface area contributed by atoms with Crippen LogP contribution in [0, 0.1) is 5.92 Å². The van der Waals surface area contributed by atoms with Crippen LogP contribution in [0.1, 0.15) is 42.5 Å². The molecule has 13 heteroatoms. The molecule has 12 nitrogen and oxygen atoms in total. The molecule has 0 bridgehead atoms. The Morgan fingerprint density at radius 3 is 2.59 bits per heavy atom. The van der Waals surface area contributed by atoms with E-state index in [9.17, 15) is 13.2 Å². The molecule has 2 heterocycles. The minimum atomic E-state index is -3.90. The molecule has 0 spiro atoms. The highest BCUT2D eigenvalue weighted by Gasteiger charge is 2.22. The fourth-order valence-electron chi connectivity index (χ4n) is 3.18. The number of hydrogen-bond donors (Lipinski definition) is 4. The molecule has 0 aliphatic carbocycles. The average molecular weight is 456 g/mol. The Hall–Kier alpha value is -3.87. The molecule has 1 amide bonds. The molecule has 4 N–H and O–H groups in total. The SMILES string of the molecule is CC(C)CC(NC(=O)c1cccc(NS(=O)(=O)c2ccc3n[nH]nc3c2)c1)c1nn[nH]n1. The molecule has 2 aromatic carbocycles. The minimum absolute atomic E-state index is 0.0304. The third kappa shape index (κ3) is 4.72. The first-order valence-corrected chi connectivity index (χ1v) is 11.3. The predicted molar refractivity (Wildman–Crippen MR) is 115 cm³/mol. The second-order valence-electron chi connectivity index (χ2n) is 7.59. The van der Waals surface area contributed by atoms with Crippen LogP contribution in [0.4, 0.5) is 5.69 Å². The van der Waals surface area contributed by atoms with E-state index >= 15 is 0 Å². The number of fused-ring (bicyclic) bond motifs is 1. The maximum Gasteiger partial charge on any atom is 0.261 e. The molecular weight excluding hydrogens is 434 g/mol. The van der Waals surface area contributed by atoms with Crippen molar-refractivity contribution in [1.29, 1.82) is 0 Å². The molecule has 32 heavy (non-hydrogen) atoms. The third-order valence-electron chi connectivity index (χ3n) is 4.66. The second kappa shape index (κ2) is 8.70. The Bertz CT molecular complexity index is 1330. The highest BCUT2D eigenvalue weighted by Crippen LogP contribution is 2.21. The van der Waals surface area contributed by atoms with E-state index in [0.717, 1.165) is 0 Å². The molecular formula is C19H21N9O3S. The molecule has 0 aliphatic heterocycles. The Morgan fingerprint density at radius 2 is 1.84 bits per heavy atom. The highest BCUT2D eigenvalue weighted by molar-refractivity contribution is 7.92. The summed E-state index contributed by atoms with van der Waals surface area (Å²) in [5.74, 6) is 0.275. The van der Waals surface area contributed by atoms with Crippen molar-refractivity contribution in [1.82, 2.24) is 41.4 Å². The molecule has 1 unspecified atom stereocenters. The van der Waals surface area contributed by atoms with Crippen molar-refractivity contribution in [3.8, 4) is 0 Å². The number of nitrogens with one attached hydrogen (secondary N) is 4. The molecule has 0 fully saturated rings. The lowest BCUT2D eigenvalue weighted by atomic mass is 10.0. The van der Waals surface area contributed by atoms with Gasteiger partial charge < -0.3 is 5.32 Å². The summed E-state index contributed by atoms with van der Waals surface area (Å²) in [4.78, 5) is 12.9. The zero-order chi connectivity index (χ0) is 22.7. The van der Waals surface area contributed by atoms with Crippen LogP contribution in [0.2, 0.25) is 0 Å². The van der Waals surface area contributed by atoms with Crippen LogP contribution >= 0.6 is 0 Å². The number of anilines is 1. The van der Waals surface area contributed by atoms with Crippen LogP contribution in [0.3, 0.4) is 0 Å². The van der Waals surface area contributed by atoms with Crippen molar-refractivity contribution < 1.29 is 13.2 Å². The molecule has 0 aliphatic rings. The van der Waals surface area contributed by atoms with E-state index < -0.39 is 16.1 Å². The smallest absolute Gasteiger partial charge is 0.261 e. The van der Waals surface area contributed by atoms with E-state index in [1.54, 1.807) is 24.3 Å². The van der Waals surface area contributed by atoms with Crippen LogP contribution in [0.15, 0.2) is 47.4 Å². The summed E-state index contributed by atoms with van der Waals surface area (Å²) in [5, 5.41) is 27.0. The molecule has 4 aromatic rings.